The van der Waals surface area contributed by atoms with Gasteiger partial charge in [0.15, 0.2) is 0 Å². The fourth-order valence-corrected chi connectivity index (χ4v) is 4.17. The number of nitrogens with zero attached hydrogens (tertiary/aromatic N) is 3. The summed E-state index contributed by atoms with van der Waals surface area (Å²) in [5.41, 5.74) is 4.56. The van der Waals surface area contributed by atoms with Crippen LogP contribution < -0.4 is 4.90 Å². The Balaban J connectivity index is 1.76. The van der Waals surface area contributed by atoms with Gasteiger partial charge in [0, 0.05) is 18.3 Å². The molecule has 0 aromatic heterocycles. The molecule has 0 N–H and O–H groups in total. The van der Waals surface area contributed by atoms with Gasteiger partial charge in [-0.1, -0.05) is 42.5 Å². The predicted octanol–water partition coefficient (Wildman–Crippen LogP) is 4.16. The van der Waals surface area contributed by atoms with Crippen LogP contribution in [0.5, 0.6) is 0 Å². The van der Waals surface area contributed by atoms with E-state index in [2.05, 4.69) is 24.8 Å². The number of fused-ring (bicyclic) bond motifs is 1. The zero-order chi connectivity index (χ0) is 21.6. The molecule has 2 aromatic carbocycles. The van der Waals surface area contributed by atoms with Gasteiger partial charge in [-0.05, 0) is 49.6 Å². The van der Waals surface area contributed by atoms with Gasteiger partial charge in [-0.3, -0.25) is 14.5 Å². The summed E-state index contributed by atoms with van der Waals surface area (Å²) in [6.45, 7) is 6.48. The first-order valence-corrected chi connectivity index (χ1v) is 9.87. The van der Waals surface area contributed by atoms with Crippen molar-refractivity contribution >= 4 is 28.6 Å². The van der Waals surface area contributed by atoms with E-state index in [-0.39, 0.29) is 23.2 Å². The molecule has 2 amide bonds. The molecular formula is C25H23N3O2. The van der Waals surface area contributed by atoms with Gasteiger partial charge in [-0.2, -0.15) is 5.26 Å². The summed E-state index contributed by atoms with van der Waals surface area (Å²) in [6.07, 6.45) is 2.18. The van der Waals surface area contributed by atoms with Gasteiger partial charge < -0.3 is 4.90 Å². The number of likely N-dealkylation sites (N-methyl/N-ethyl adjacent to an activating group) is 1. The third kappa shape index (κ3) is 3.02. The average molecular weight is 397 g/mol. The lowest BCUT2D eigenvalue weighted by molar-refractivity contribution is -0.137. The highest BCUT2D eigenvalue weighted by Crippen LogP contribution is 2.40. The molecule has 0 fully saturated rings. The summed E-state index contributed by atoms with van der Waals surface area (Å²) in [6, 6.07) is 17.0. The summed E-state index contributed by atoms with van der Waals surface area (Å²) in [5.74, 6) is -0.962. The van der Waals surface area contributed by atoms with Crippen molar-refractivity contribution in [1.82, 2.24) is 4.90 Å². The molecule has 0 spiro atoms. The minimum Gasteiger partial charge on any atom is -0.366 e. The van der Waals surface area contributed by atoms with E-state index in [1.807, 2.05) is 68.6 Å². The Morgan fingerprint density at radius 3 is 2.40 bits per heavy atom. The van der Waals surface area contributed by atoms with Gasteiger partial charge in [0.1, 0.15) is 11.6 Å². The SMILES string of the molecule is CC1=CC(C)(C)N(C)c2ccc(C3=C(C#N)C(=O)N(Cc4ccccc4)C3=O)cc21. The fraction of sp³-hybridized carbons (Fsp3) is 0.240. The van der Waals surface area contributed by atoms with Gasteiger partial charge in [-0.25, -0.2) is 0 Å². The van der Waals surface area contributed by atoms with Gasteiger partial charge in [0.2, 0.25) is 0 Å². The van der Waals surface area contributed by atoms with Gasteiger partial charge in [-0.15, -0.1) is 0 Å². The summed E-state index contributed by atoms with van der Waals surface area (Å²) < 4.78 is 0. The molecule has 0 bridgehead atoms. The molecule has 0 saturated heterocycles. The minimum atomic E-state index is -0.537. The van der Waals surface area contributed by atoms with Crippen LogP contribution in [0.4, 0.5) is 5.69 Å². The van der Waals surface area contributed by atoms with Gasteiger partial charge >= 0.3 is 0 Å². The number of imide groups is 1. The van der Waals surface area contributed by atoms with Crippen molar-refractivity contribution in [2.45, 2.75) is 32.9 Å². The highest BCUT2D eigenvalue weighted by Gasteiger charge is 2.39. The molecule has 0 atom stereocenters. The molecule has 0 unspecified atom stereocenters. The lowest BCUT2D eigenvalue weighted by atomic mass is 9.87. The van der Waals surface area contributed by atoms with Crippen LogP contribution in [0.3, 0.4) is 0 Å². The van der Waals surface area contributed by atoms with Crippen LogP contribution in [0.15, 0.2) is 60.2 Å². The first kappa shape index (κ1) is 19.7. The van der Waals surface area contributed by atoms with Crippen LogP contribution in [-0.4, -0.2) is 29.3 Å². The molecule has 4 rings (SSSR count). The molecule has 2 aliphatic rings. The van der Waals surface area contributed by atoms with E-state index in [9.17, 15) is 14.9 Å². The summed E-state index contributed by atoms with van der Waals surface area (Å²) in [5, 5.41) is 9.64. The molecule has 0 radical (unpaired) electrons. The smallest absolute Gasteiger partial charge is 0.272 e. The van der Waals surface area contributed by atoms with E-state index in [0.29, 0.717) is 5.56 Å². The second-order valence-electron chi connectivity index (χ2n) is 8.32. The molecule has 2 heterocycles. The topological polar surface area (TPSA) is 64.4 Å². The lowest BCUT2D eigenvalue weighted by Crippen LogP contribution is -2.42. The van der Waals surface area contributed by atoms with E-state index < -0.39 is 11.8 Å². The third-order valence-electron chi connectivity index (χ3n) is 5.97. The first-order valence-electron chi connectivity index (χ1n) is 9.87. The summed E-state index contributed by atoms with van der Waals surface area (Å²) >= 11 is 0. The number of benzene rings is 2. The van der Waals surface area contributed by atoms with E-state index in [0.717, 1.165) is 27.3 Å². The zero-order valence-electron chi connectivity index (χ0n) is 17.6. The molecule has 0 saturated carbocycles. The number of carbonyl (C=O) groups excluding carboxylic acids is 2. The number of hydrogen-bond donors (Lipinski definition) is 0. The average Bonchev–Trinajstić information content (AvgIpc) is 2.96. The van der Waals surface area contributed by atoms with Crippen molar-refractivity contribution in [1.29, 1.82) is 5.26 Å². The van der Waals surface area contributed by atoms with E-state index in [1.165, 1.54) is 0 Å². The summed E-state index contributed by atoms with van der Waals surface area (Å²) in [7, 11) is 2.03. The monoisotopic (exact) mass is 397 g/mol. The molecule has 2 aromatic rings. The number of carbonyl (C=O) groups is 2. The van der Waals surface area contributed by atoms with Crippen molar-refractivity contribution in [2.24, 2.45) is 0 Å². The molecule has 150 valence electrons. The molecule has 30 heavy (non-hydrogen) atoms. The van der Waals surface area contributed by atoms with Crippen LogP contribution in [-0.2, 0) is 16.1 Å². The second-order valence-corrected chi connectivity index (χ2v) is 8.32. The maximum Gasteiger partial charge on any atom is 0.272 e. The molecular weight excluding hydrogens is 374 g/mol. The standard InChI is InChI=1S/C25H23N3O2/c1-16-13-25(2,3)27(4)21-11-10-18(12-19(16)21)22-20(14-26)23(29)28(24(22)30)15-17-8-6-5-7-9-17/h5-13H,15H2,1-4H3. The Hall–Kier alpha value is -3.65. The van der Waals surface area contributed by atoms with Crippen LogP contribution in [0.25, 0.3) is 11.1 Å². The van der Waals surface area contributed by atoms with Crippen LogP contribution in [0.2, 0.25) is 0 Å². The Morgan fingerprint density at radius 2 is 1.73 bits per heavy atom. The number of anilines is 1. The van der Waals surface area contributed by atoms with Crippen molar-refractivity contribution < 1.29 is 9.59 Å². The fourth-order valence-electron chi connectivity index (χ4n) is 4.17. The number of amides is 2. The maximum absolute atomic E-state index is 13.2. The van der Waals surface area contributed by atoms with Crippen molar-refractivity contribution in [2.75, 3.05) is 11.9 Å². The van der Waals surface area contributed by atoms with E-state index in [1.54, 1.807) is 0 Å². The largest absolute Gasteiger partial charge is 0.366 e. The lowest BCUT2D eigenvalue weighted by Gasteiger charge is -2.40. The van der Waals surface area contributed by atoms with Crippen molar-refractivity contribution in [3.05, 3.63) is 76.9 Å². The zero-order valence-corrected chi connectivity index (χ0v) is 17.6. The highest BCUT2D eigenvalue weighted by atomic mass is 16.2. The molecule has 2 aliphatic heterocycles. The van der Waals surface area contributed by atoms with Crippen LogP contribution >= 0.6 is 0 Å². The number of rotatable bonds is 3. The minimum absolute atomic E-state index is 0.0954. The Morgan fingerprint density at radius 1 is 1.03 bits per heavy atom. The van der Waals surface area contributed by atoms with Crippen LogP contribution in [0, 0.1) is 11.3 Å². The molecule has 5 nitrogen and oxygen atoms in total. The normalized spacial score (nSPS) is 17.8. The quantitative estimate of drug-likeness (QED) is 0.730. The third-order valence-corrected chi connectivity index (χ3v) is 5.97. The van der Waals surface area contributed by atoms with E-state index >= 15 is 0 Å². The van der Waals surface area contributed by atoms with Gasteiger partial charge in [0.05, 0.1) is 17.7 Å². The number of nitriles is 1. The van der Waals surface area contributed by atoms with E-state index in [4.69, 9.17) is 0 Å². The van der Waals surface area contributed by atoms with Crippen molar-refractivity contribution in [3.8, 4) is 6.07 Å². The highest BCUT2D eigenvalue weighted by molar-refractivity contribution is 6.37. The summed E-state index contributed by atoms with van der Waals surface area (Å²) in [4.78, 5) is 29.3. The predicted molar refractivity (Wildman–Crippen MR) is 117 cm³/mol. The Bertz CT molecular complexity index is 1170. The first-order chi connectivity index (χ1) is 14.2. The van der Waals surface area contributed by atoms with Crippen molar-refractivity contribution in [3.63, 3.8) is 0 Å². The molecule has 5 heteroatoms. The number of hydrogen-bond acceptors (Lipinski definition) is 4. The second kappa shape index (κ2) is 7.00. The number of allylic oxidation sites excluding steroid dienone is 1. The Labute approximate surface area is 176 Å². The van der Waals surface area contributed by atoms with Crippen LogP contribution in [0.1, 0.15) is 37.5 Å². The molecule has 0 aliphatic carbocycles. The maximum atomic E-state index is 13.2. The Kier molecular flexibility index (Phi) is 4.58. The van der Waals surface area contributed by atoms with Gasteiger partial charge in [0.25, 0.3) is 11.8 Å².